The average Bonchev–Trinajstić information content (AvgIpc) is 3.42. The Morgan fingerprint density at radius 1 is 1.24 bits per heavy atom. The zero-order valence-corrected chi connectivity index (χ0v) is 16.6. The van der Waals surface area contributed by atoms with Crippen molar-refractivity contribution in [3.05, 3.63) is 77.7 Å². The van der Waals surface area contributed by atoms with Crippen LogP contribution in [0, 0.1) is 6.92 Å². The molecule has 2 N–H and O–H groups in total. The Labute approximate surface area is 168 Å². The number of anilines is 1. The third kappa shape index (κ3) is 4.13. The number of rotatable bonds is 6. The zero-order valence-electron chi connectivity index (χ0n) is 16.6. The van der Waals surface area contributed by atoms with Gasteiger partial charge in [-0.3, -0.25) is 9.89 Å². The molecule has 0 unspecified atom stereocenters. The quantitative estimate of drug-likeness (QED) is 0.504. The standard InChI is InChI=1S/C22H23N5O2/c1-14(2)21-23-9-10-27(21)13-16-5-4-6-17(11-16)24-22(28)19-12-18(25-26-19)20-8-7-15(3)29-20/h4-12,14H,13H2,1-3H3,(H,24,28)(H,25,26). The molecule has 3 heterocycles. The number of amides is 1. The van der Waals surface area contributed by atoms with Crippen molar-refractivity contribution in [2.24, 2.45) is 0 Å². The highest BCUT2D eigenvalue weighted by Crippen LogP contribution is 2.21. The summed E-state index contributed by atoms with van der Waals surface area (Å²) in [4.78, 5) is 17.0. The van der Waals surface area contributed by atoms with Gasteiger partial charge >= 0.3 is 0 Å². The van der Waals surface area contributed by atoms with Crippen molar-refractivity contribution in [2.75, 3.05) is 5.32 Å². The van der Waals surface area contributed by atoms with Crippen LogP contribution in [-0.2, 0) is 6.54 Å². The number of aromatic amines is 1. The Morgan fingerprint density at radius 3 is 2.86 bits per heavy atom. The summed E-state index contributed by atoms with van der Waals surface area (Å²) < 4.78 is 7.68. The highest BCUT2D eigenvalue weighted by Gasteiger charge is 2.14. The maximum absolute atomic E-state index is 12.6. The highest BCUT2D eigenvalue weighted by atomic mass is 16.3. The number of furan rings is 1. The number of hydrogen-bond acceptors (Lipinski definition) is 4. The molecule has 1 amide bonds. The average molecular weight is 389 g/mol. The first kappa shape index (κ1) is 18.7. The van der Waals surface area contributed by atoms with Crippen LogP contribution in [0.15, 0.2) is 59.3 Å². The van der Waals surface area contributed by atoms with Gasteiger partial charge in [-0.2, -0.15) is 5.10 Å². The number of carbonyl (C=O) groups excluding carboxylic acids is 1. The van der Waals surface area contributed by atoms with Crippen LogP contribution in [0.4, 0.5) is 5.69 Å². The fourth-order valence-electron chi connectivity index (χ4n) is 3.24. The first-order chi connectivity index (χ1) is 14.0. The first-order valence-corrected chi connectivity index (χ1v) is 9.53. The van der Waals surface area contributed by atoms with E-state index in [1.807, 2.05) is 55.7 Å². The van der Waals surface area contributed by atoms with Crippen LogP contribution in [-0.4, -0.2) is 25.7 Å². The molecule has 29 heavy (non-hydrogen) atoms. The Balaban J connectivity index is 1.47. The van der Waals surface area contributed by atoms with Crippen LogP contribution < -0.4 is 5.32 Å². The summed E-state index contributed by atoms with van der Waals surface area (Å²) in [5.74, 6) is 2.56. The van der Waals surface area contributed by atoms with Crippen LogP contribution in [0.2, 0.25) is 0 Å². The molecule has 0 aliphatic heterocycles. The fourth-order valence-corrected chi connectivity index (χ4v) is 3.24. The molecule has 4 rings (SSSR count). The number of aromatic nitrogens is 4. The lowest BCUT2D eigenvalue weighted by atomic mass is 10.1. The molecule has 0 aliphatic carbocycles. The minimum atomic E-state index is -0.279. The second-order valence-corrected chi connectivity index (χ2v) is 7.30. The van der Waals surface area contributed by atoms with Gasteiger partial charge in [0.2, 0.25) is 0 Å². The Bertz CT molecular complexity index is 1140. The zero-order chi connectivity index (χ0) is 20.4. The van der Waals surface area contributed by atoms with E-state index in [4.69, 9.17) is 4.42 Å². The molecule has 0 bridgehead atoms. The summed E-state index contributed by atoms with van der Waals surface area (Å²) >= 11 is 0. The third-order valence-electron chi connectivity index (χ3n) is 4.62. The van der Waals surface area contributed by atoms with Crippen molar-refractivity contribution in [1.29, 1.82) is 0 Å². The van der Waals surface area contributed by atoms with E-state index in [-0.39, 0.29) is 5.91 Å². The molecule has 0 saturated heterocycles. The summed E-state index contributed by atoms with van der Waals surface area (Å²) in [5.41, 5.74) is 2.77. The smallest absolute Gasteiger partial charge is 0.276 e. The van der Waals surface area contributed by atoms with Gasteiger partial charge in [-0.05, 0) is 36.8 Å². The maximum atomic E-state index is 12.6. The number of H-pyrrole nitrogens is 1. The molecule has 0 fully saturated rings. The number of nitrogens with zero attached hydrogens (tertiary/aromatic N) is 3. The molecule has 148 valence electrons. The molecule has 1 aromatic carbocycles. The number of imidazole rings is 1. The van der Waals surface area contributed by atoms with E-state index < -0.39 is 0 Å². The van der Waals surface area contributed by atoms with Gasteiger partial charge in [0, 0.05) is 36.6 Å². The molecule has 0 spiro atoms. The monoisotopic (exact) mass is 389 g/mol. The Morgan fingerprint density at radius 2 is 2.10 bits per heavy atom. The lowest BCUT2D eigenvalue weighted by Crippen LogP contribution is -2.13. The molecular weight excluding hydrogens is 366 g/mol. The molecule has 4 aromatic rings. The normalized spacial score (nSPS) is 11.2. The summed E-state index contributed by atoms with van der Waals surface area (Å²) in [7, 11) is 0. The molecular formula is C22H23N5O2. The number of hydrogen-bond donors (Lipinski definition) is 2. The molecule has 7 heteroatoms. The first-order valence-electron chi connectivity index (χ1n) is 9.53. The van der Waals surface area contributed by atoms with Crippen molar-refractivity contribution in [1.82, 2.24) is 19.7 Å². The van der Waals surface area contributed by atoms with Gasteiger partial charge in [0.25, 0.3) is 5.91 Å². The van der Waals surface area contributed by atoms with Gasteiger partial charge in [0.05, 0.1) is 0 Å². The predicted octanol–water partition coefficient (Wildman–Crippen LogP) is 4.60. The van der Waals surface area contributed by atoms with E-state index in [2.05, 4.69) is 38.9 Å². The highest BCUT2D eigenvalue weighted by molar-refractivity contribution is 6.03. The summed E-state index contributed by atoms with van der Waals surface area (Å²) in [6, 6.07) is 13.2. The van der Waals surface area contributed by atoms with Crippen LogP contribution in [0.3, 0.4) is 0 Å². The van der Waals surface area contributed by atoms with Gasteiger partial charge in [0.1, 0.15) is 17.3 Å². The maximum Gasteiger partial charge on any atom is 0.276 e. The lowest BCUT2D eigenvalue weighted by molar-refractivity contribution is 0.102. The Kier molecular flexibility index (Phi) is 5.03. The molecule has 7 nitrogen and oxygen atoms in total. The SMILES string of the molecule is Cc1ccc(-c2cc(C(=O)Nc3cccc(Cn4ccnc4C(C)C)c3)n[nH]2)o1. The van der Waals surface area contributed by atoms with Crippen LogP contribution in [0.1, 0.15) is 47.4 Å². The second kappa shape index (κ2) is 7.79. The van der Waals surface area contributed by atoms with E-state index in [1.165, 1.54) is 0 Å². The van der Waals surface area contributed by atoms with E-state index in [9.17, 15) is 4.79 Å². The summed E-state index contributed by atoms with van der Waals surface area (Å²) in [6.07, 6.45) is 3.79. The van der Waals surface area contributed by atoms with Crippen LogP contribution >= 0.6 is 0 Å². The molecule has 0 aliphatic rings. The van der Waals surface area contributed by atoms with Crippen molar-refractivity contribution >= 4 is 11.6 Å². The van der Waals surface area contributed by atoms with E-state index in [0.29, 0.717) is 29.6 Å². The van der Waals surface area contributed by atoms with E-state index >= 15 is 0 Å². The lowest BCUT2D eigenvalue weighted by Gasteiger charge is -2.11. The molecule has 0 radical (unpaired) electrons. The van der Waals surface area contributed by atoms with Crippen LogP contribution in [0.25, 0.3) is 11.5 Å². The minimum absolute atomic E-state index is 0.279. The van der Waals surface area contributed by atoms with Gasteiger partial charge in [-0.25, -0.2) is 4.98 Å². The number of aryl methyl sites for hydroxylation is 1. The molecule has 3 aromatic heterocycles. The van der Waals surface area contributed by atoms with Gasteiger partial charge < -0.3 is 14.3 Å². The number of nitrogens with one attached hydrogen (secondary N) is 2. The van der Waals surface area contributed by atoms with Crippen molar-refractivity contribution < 1.29 is 9.21 Å². The molecule has 0 atom stereocenters. The fraction of sp³-hybridized carbons (Fsp3) is 0.227. The Hall–Kier alpha value is -3.61. The van der Waals surface area contributed by atoms with Gasteiger partial charge in [-0.1, -0.05) is 26.0 Å². The second-order valence-electron chi connectivity index (χ2n) is 7.30. The largest absolute Gasteiger partial charge is 0.460 e. The van der Waals surface area contributed by atoms with Gasteiger partial charge in [0.15, 0.2) is 11.5 Å². The van der Waals surface area contributed by atoms with E-state index in [0.717, 1.165) is 22.8 Å². The molecule has 0 saturated carbocycles. The van der Waals surface area contributed by atoms with Gasteiger partial charge in [-0.15, -0.1) is 0 Å². The summed E-state index contributed by atoms with van der Waals surface area (Å²) in [6.45, 7) is 6.81. The number of benzene rings is 1. The van der Waals surface area contributed by atoms with Crippen molar-refractivity contribution in [2.45, 2.75) is 33.2 Å². The minimum Gasteiger partial charge on any atom is -0.460 e. The van der Waals surface area contributed by atoms with Crippen molar-refractivity contribution in [3.63, 3.8) is 0 Å². The third-order valence-corrected chi connectivity index (χ3v) is 4.62. The van der Waals surface area contributed by atoms with E-state index in [1.54, 1.807) is 6.07 Å². The topological polar surface area (TPSA) is 88.7 Å². The van der Waals surface area contributed by atoms with Crippen molar-refractivity contribution in [3.8, 4) is 11.5 Å². The summed E-state index contributed by atoms with van der Waals surface area (Å²) in [5, 5.41) is 9.86. The predicted molar refractivity (Wildman–Crippen MR) is 111 cm³/mol. The number of carbonyl (C=O) groups is 1. The van der Waals surface area contributed by atoms with Crippen LogP contribution in [0.5, 0.6) is 0 Å².